The maximum Gasteiger partial charge on any atom is 0.0412 e. The van der Waals surface area contributed by atoms with Crippen LogP contribution in [-0.2, 0) is 5.41 Å². The minimum absolute atomic E-state index is 0.213. The highest BCUT2D eigenvalue weighted by Gasteiger charge is 2.22. The lowest BCUT2D eigenvalue weighted by Crippen LogP contribution is -2.42. The first-order valence-electron chi connectivity index (χ1n) is 7.51. The molecule has 2 unspecified atom stereocenters. The molecular formula is C17H28N2. The van der Waals surface area contributed by atoms with Gasteiger partial charge in [0, 0.05) is 17.8 Å². The number of aryl methyl sites for hydroxylation is 1. The van der Waals surface area contributed by atoms with Gasteiger partial charge in [0.1, 0.15) is 0 Å². The van der Waals surface area contributed by atoms with Gasteiger partial charge in [-0.25, -0.2) is 0 Å². The van der Waals surface area contributed by atoms with E-state index in [1.165, 1.54) is 36.1 Å². The number of nitrogens with one attached hydrogen (secondary N) is 1. The molecule has 2 nitrogen and oxygen atoms in total. The highest BCUT2D eigenvalue weighted by atomic mass is 15.0. The maximum atomic E-state index is 6.21. The first-order valence-corrected chi connectivity index (χ1v) is 7.51. The van der Waals surface area contributed by atoms with Crippen LogP contribution >= 0.6 is 0 Å². The van der Waals surface area contributed by atoms with Gasteiger partial charge in [0.15, 0.2) is 0 Å². The van der Waals surface area contributed by atoms with Crippen molar-refractivity contribution >= 4 is 5.69 Å². The smallest absolute Gasteiger partial charge is 0.0412 e. The molecule has 1 fully saturated rings. The summed E-state index contributed by atoms with van der Waals surface area (Å²) >= 11 is 0. The Morgan fingerprint density at radius 1 is 1.16 bits per heavy atom. The van der Waals surface area contributed by atoms with Crippen LogP contribution < -0.4 is 11.1 Å². The molecule has 1 aliphatic rings. The lowest BCUT2D eigenvalue weighted by molar-refractivity contribution is 0.404. The van der Waals surface area contributed by atoms with E-state index in [4.69, 9.17) is 5.73 Å². The zero-order valence-corrected chi connectivity index (χ0v) is 12.8. The number of nitrogens with two attached hydrogens (primary N) is 1. The highest BCUT2D eigenvalue weighted by molar-refractivity contribution is 5.53. The van der Waals surface area contributed by atoms with Crippen molar-refractivity contribution in [2.75, 3.05) is 5.32 Å². The third-order valence-corrected chi connectivity index (χ3v) is 4.25. The minimum Gasteiger partial charge on any atom is -0.381 e. The summed E-state index contributed by atoms with van der Waals surface area (Å²) in [5, 5.41) is 3.65. The molecule has 0 saturated heterocycles. The molecule has 1 saturated carbocycles. The lowest BCUT2D eigenvalue weighted by Gasteiger charge is -2.31. The third kappa shape index (κ3) is 3.50. The lowest BCUT2D eigenvalue weighted by atomic mass is 9.85. The fourth-order valence-corrected chi connectivity index (χ4v) is 2.83. The van der Waals surface area contributed by atoms with E-state index in [9.17, 15) is 0 Å². The van der Waals surface area contributed by atoms with E-state index in [2.05, 4.69) is 51.2 Å². The SMILES string of the molecule is Cc1cc(C(C)(C)C)ccc1NC1CCCCC1N. The number of benzene rings is 1. The summed E-state index contributed by atoms with van der Waals surface area (Å²) in [5.74, 6) is 0. The molecule has 0 heterocycles. The molecule has 0 amide bonds. The Kier molecular flexibility index (Phi) is 4.19. The summed E-state index contributed by atoms with van der Waals surface area (Å²) in [6.45, 7) is 8.95. The van der Waals surface area contributed by atoms with Crippen LogP contribution in [0.5, 0.6) is 0 Å². The first kappa shape index (κ1) is 14.4. The normalized spacial score (nSPS) is 24.3. The molecule has 1 aliphatic carbocycles. The number of rotatable bonds is 2. The van der Waals surface area contributed by atoms with Crippen molar-refractivity contribution in [1.29, 1.82) is 0 Å². The molecule has 2 heteroatoms. The van der Waals surface area contributed by atoms with E-state index in [0.717, 1.165) is 6.42 Å². The predicted molar refractivity (Wildman–Crippen MR) is 83.7 cm³/mol. The molecule has 2 atom stereocenters. The Morgan fingerprint density at radius 2 is 1.84 bits per heavy atom. The van der Waals surface area contributed by atoms with E-state index in [0.29, 0.717) is 12.1 Å². The van der Waals surface area contributed by atoms with E-state index in [1.807, 2.05) is 0 Å². The van der Waals surface area contributed by atoms with Crippen LogP contribution in [0.1, 0.15) is 57.6 Å². The Hall–Kier alpha value is -1.02. The predicted octanol–water partition coefficient (Wildman–Crippen LogP) is 3.97. The van der Waals surface area contributed by atoms with Gasteiger partial charge in [0.25, 0.3) is 0 Å². The maximum absolute atomic E-state index is 6.21. The Bertz CT molecular complexity index is 431. The average molecular weight is 260 g/mol. The molecule has 1 aromatic carbocycles. The monoisotopic (exact) mass is 260 g/mol. The van der Waals surface area contributed by atoms with Gasteiger partial charge in [-0.2, -0.15) is 0 Å². The van der Waals surface area contributed by atoms with Gasteiger partial charge >= 0.3 is 0 Å². The van der Waals surface area contributed by atoms with Crippen molar-refractivity contribution in [2.45, 2.75) is 70.9 Å². The highest BCUT2D eigenvalue weighted by Crippen LogP contribution is 2.28. The van der Waals surface area contributed by atoms with Crippen LogP contribution in [0.4, 0.5) is 5.69 Å². The summed E-state index contributed by atoms with van der Waals surface area (Å²) in [6, 6.07) is 7.50. The Balaban J connectivity index is 2.13. The molecule has 0 radical (unpaired) electrons. The fraction of sp³-hybridized carbons (Fsp3) is 0.647. The second kappa shape index (κ2) is 5.54. The summed E-state index contributed by atoms with van der Waals surface area (Å²) in [5.41, 5.74) is 10.4. The molecule has 0 aliphatic heterocycles. The summed E-state index contributed by atoms with van der Waals surface area (Å²) < 4.78 is 0. The van der Waals surface area contributed by atoms with Crippen molar-refractivity contribution in [1.82, 2.24) is 0 Å². The molecule has 0 spiro atoms. The second-order valence-electron chi connectivity index (χ2n) is 6.98. The minimum atomic E-state index is 0.213. The molecule has 106 valence electrons. The molecule has 19 heavy (non-hydrogen) atoms. The first-order chi connectivity index (χ1) is 8.88. The van der Waals surface area contributed by atoms with Gasteiger partial charge < -0.3 is 11.1 Å². The number of anilines is 1. The molecule has 2 rings (SSSR count). The van der Waals surface area contributed by atoms with E-state index in [1.54, 1.807) is 0 Å². The average Bonchev–Trinajstić information content (AvgIpc) is 2.33. The molecule has 0 bridgehead atoms. The standard InChI is InChI=1S/C17H28N2/c1-12-11-13(17(2,3)4)9-10-15(12)19-16-8-6-5-7-14(16)18/h9-11,14,16,19H,5-8,18H2,1-4H3. The molecule has 1 aromatic rings. The van der Waals surface area contributed by atoms with Crippen molar-refractivity contribution < 1.29 is 0 Å². The second-order valence-corrected chi connectivity index (χ2v) is 6.98. The van der Waals surface area contributed by atoms with Crippen LogP contribution in [0.2, 0.25) is 0 Å². The Morgan fingerprint density at radius 3 is 2.42 bits per heavy atom. The fourth-order valence-electron chi connectivity index (χ4n) is 2.83. The van der Waals surface area contributed by atoms with E-state index < -0.39 is 0 Å². The number of hydrogen-bond acceptors (Lipinski definition) is 2. The summed E-state index contributed by atoms with van der Waals surface area (Å²) in [4.78, 5) is 0. The van der Waals surface area contributed by atoms with Gasteiger partial charge in [-0.15, -0.1) is 0 Å². The van der Waals surface area contributed by atoms with Gasteiger partial charge in [-0.1, -0.05) is 45.7 Å². The largest absolute Gasteiger partial charge is 0.381 e. The zero-order valence-electron chi connectivity index (χ0n) is 12.8. The zero-order chi connectivity index (χ0) is 14.0. The van der Waals surface area contributed by atoms with Crippen molar-refractivity contribution in [3.63, 3.8) is 0 Å². The Labute approximate surface area is 117 Å². The van der Waals surface area contributed by atoms with Crippen molar-refractivity contribution in [3.05, 3.63) is 29.3 Å². The quantitative estimate of drug-likeness (QED) is 0.844. The summed E-state index contributed by atoms with van der Waals surface area (Å²) in [7, 11) is 0. The van der Waals surface area contributed by atoms with Crippen LogP contribution in [0.25, 0.3) is 0 Å². The van der Waals surface area contributed by atoms with Gasteiger partial charge in [-0.3, -0.25) is 0 Å². The summed E-state index contributed by atoms with van der Waals surface area (Å²) in [6.07, 6.45) is 4.92. The van der Waals surface area contributed by atoms with Crippen LogP contribution in [0.3, 0.4) is 0 Å². The third-order valence-electron chi connectivity index (χ3n) is 4.25. The van der Waals surface area contributed by atoms with Gasteiger partial charge in [-0.05, 0) is 42.4 Å². The molecular weight excluding hydrogens is 232 g/mol. The molecule has 3 N–H and O–H groups in total. The van der Waals surface area contributed by atoms with Crippen LogP contribution in [-0.4, -0.2) is 12.1 Å². The van der Waals surface area contributed by atoms with E-state index >= 15 is 0 Å². The van der Waals surface area contributed by atoms with E-state index in [-0.39, 0.29) is 5.41 Å². The van der Waals surface area contributed by atoms with Crippen molar-refractivity contribution in [3.8, 4) is 0 Å². The van der Waals surface area contributed by atoms with Crippen molar-refractivity contribution in [2.24, 2.45) is 5.73 Å². The van der Waals surface area contributed by atoms with Gasteiger partial charge in [0.05, 0.1) is 0 Å². The molecule has 0 aromatic heterocycles. The topological polar surface area (TPSA) is 38.0 Å². The van der Waals surface area contributed by atoms with Crippen LogP contribution in [0.15, 0.2) is 18.2 Å². The van der Waals surface area contributed by atoms with Gasteiger partial charge in [0.2, 0.25) is 0 Å². The van der Waals surface area contributed by atoms with Crippen LogP contribution in [0, 0.1) is 6.92 Å². The number of hydrogen-bond donors (Lipinski definition) is 2.